The number of H-pyrrole nitrogens is 1. The van der Waals surface area contributed by atoms with Crippen molar-refractivity contribution in [1.82, 2.24) is 14.8 Å². The Balaban J connectivity index is 1.50. The van der Waals surface area contributed by atoms with Gasteiger partial charge in [-0.1, -0.05) is 18.2 Å². The lowest BCUT2D eigenvalue weighted by atomic mass is 9.87. The maximum Gasteiger partial charge on any atom is 0.143 e. The van der Waals surface area contributed by atoms with Gasteiger partial charge in [-0.25, -0.2) is 13.2 Å². The number of anilines is 1. The Morgan fingerprint density at radius 2 is 1.86 bits per heavy atom. The highest BCUT2D eigenvalue weighted by Gasteiger charge is 2.42. The first kappa shape index (κ1) is 26.0. The molecule has 1 saturated heterocycles. The summed E-state index contributed by atoms with van der Waals surface area (Å²) < 4.78 is 59.0. The molecule has 3 N–H and O–H groups in total. The number of benzene rings is 2. The minimum atomic E-state index is -1.94. The number of likely N-dealkylation sites (tertiary alicyclic amines) is 1. The predicted octanol–water partition coefficient (Wildman–Crippen LogP) is 4.96. The van der Waals surface area contributed by atoms with Crippen LogP contribution in [0.4, 0.5) is 23.2 Å². The highest BCUT2D eigenvalue weighted by atomic mass is 19.1. The number of aromatic amines is 1. The molecule has 9 heteroatoms. The van der Waals surface area contributed by atoms with Crippen molar-refractivity contribution < 1.29 is 22.7 Å². The second-order valence-electron chi connectivity index (χ2n) is 10.8. The van der Waals surface area contributed by atoms with E-state index in [1.54, 1.807) is 4.90 Å². The topological polar surface area (TPSA) is 54.5 Å². The number of aliphatic hydroxyl groups is 1. The molecule has 200 valence electrons. The van der Waals surface area contributed by atoms with Crippen LogP contribution >= 0.6 is 0 Å². The summed E-state index contributed by atoms with van der Waals surface area (Å²) in [6.07, 6.45) is 1.06. The van der Waals surface area contributed by atoms with Gasteiger partial charge in [0, 0.05) is 60.1 Å². The molecule has 0 unspecified atom stereocenters. The highest BCUT2D eigenvalue weighted by molar-refractivity contribution is 5.85. The van der Waals surface area contributed by atoms with Crippen LogP contribution in [0.15, 0.2) is 36.4 Å². The third-order valence-electron chi connectivity index (χ3n) is 7.65. The van der Waals surface area contributed by atoms with E-state index < -0.39 is 30.0 Å². The number of alkyl halides is 2. The summed E-state index contributed by atoms with van der Waals surface area (Å²) in [7, 11) is 0. The minimum absolute atomic E-state index is 0.0348. The van der Waals surface area contributed by atoms with E-state index in [4.69, 9.17) is 0 Å². The van der Waals surface area contributed by atoms with Gasteiger partial charge in [-0.05, 0) is 50.5 Å². The van der Waals surface area contributed by atoms with Gasteiger partial charge in [0.25, 0.3) is 0 Å². The van der Waals surface area contributed by atoms with E-state index >= 15 is 13.2 Å². The van der Waals surface area contributed by atoms with Crippen LogP contribution < -0.4 is 5.32 Å². The summed E-state index contributed by atoms with van der Waals surface area (Å²) in [5.41, 5.74) is 0.733. The first-order valence-corrected chi connectivity index (χ1v) is 12.9. The molecule has 2 aliphatic heterocycles. The number of para-hydroxylation sites is 1. The number of fused-ring (bicyclic) bond motifs is 3. The van der Waals surface area contributed by atoms with E-state index in [9.17, 15) is 9.50 Å². The first-order chi connectivity index (χ1) is 17.7. The van der Waals surface area contributed by atoms with E-state index in [2.05, 4.69) is 15.2 Å². The fourth-order valence-corrected chi connectivity index (χ4v) is 5.79. The molecule has 1 fully saturated rings. The average Bonchev–Trinajstić information content (AvgIpc) is 3.19. The molecule has 0 bridgehead atoms. The van der Waals surface area contributed by atoms with Gasteiger partial charge < -0.3 is 15.4 Å². The molecular weight excluding hydrogens is 484 g/mol. The lowest BCUT2D eigenvalue weighted by Gasteiger charge is -2.43. The Hall–Kier alpha value is -2.62. The summed E-state index contributed by atoms with van der Waals surface area (Å²) in [5, 5.41) is 13.8. The summed E-state index contributed by atoms with van der Waals surface area (Å²) >= 11 is 0. The monoisotopic (exact) mass is 518 g/mol. The molecule has 1 aromatic heterocycles. The molecule has 2 aromatic carbocycles. The van der Waals surface area contributed by atoms with Gasteiger partial charge in [0.1, 0.15) is 17.3 Å². The van der Waals surface area contributed by atoms with Crippen LogP contribution in [0.1, 0.15) is 43.1 Å². The Labute approximate surface area is 214 Å². The van der Waals surface area contributed by atoms with Gasteiger partial charge in [-0.3, -0.25) is 14.2 Å². The Bertz CT molecular complexity index is 1230. The zero-order valence-corrected chi connectivity index (χ0v) is 21.2. The number of hydrogen-bond donors (Lipinski definition) is 3. The molecule has 0 radical (unpaired) electrons. The number of aliphatic hydroxyl groups excluding tert-OH is 1. The Morgan fingerprint density at radius 3 is 2.54 bits per heavy atom. The van der Waals surface area contributed by atoms with E-state index in [0.29, 0.717) is 43.9 Å². The van der Waals surface area contributed by atoms with Gasteiger partial charge in [-0.2, -0.15) is 0 Å². The van der Waals surface area contributed by atoms with E-state index in [0.717, 1.165) is 16.5 Å². The quantitative estimate of drug-likeness (QED) is 0.351. The van der Waals surface area contributed by atoms with Gasteiger partial charge in [-0.15, -0.1) is 0 Å². The fraction of sp³-hybridized carbons (Fsp3) is 0.500. The minimum Gasteiger partial charge on any atom is -0.393 e. The summed E-state index contributed by atoms with van der Waals surface area (Å²) in [5.74, 6) is -1.43. The number of aromatic nitrogens is 1. The van der Waals surface area contributed by atoms with Crippen molar-refractivity contribution in [3.05, 3.63) is 64.9 Å². The van der Waals surface area contributed by atoms with Crippen molar-refractivity contribution in [2.75, 3.05) is 44.8 Å². The smallest absolute Gasteiger partial charge is 0.143 e. The molecule has 5 rings (SSSR count). The molecule has 37 heavy (non-hydrogen) atoms. The van der Waals surface area contributed by atoms with E-state index in [1.807, 2.05) is 31.2 Å². The Morgan fingerprint density at radius 1 is 1.16 bits per heavy atom. The van der Waals surface area contributed by atoms with Crippen molar-refractivity contribution in [3.8, 4) is 0 Å². The molecule has 2 aliphatic rings. The van der Waals surface area contributed by atoms with Gasteiger partial charge in [0.2, 0.25) is 0 Å². The van der Waals surface area contributed by atoms with Crippen molar-refractivity contribution >= 4 is 16.6 Å². The summed E-state index contributed by atoms with van der Waals surface area (Å²) in [4.78, 5) is 7.19. The maximum atomic E-state index is 15.8. The summed E-state index contributed by atoms with van der Waals surface area (Å²) in [6.45, 7) is 4.03. The van der Waals surface area contributed by atoms with Gasteiger partial charge in [0.05, 0.1) is 25.4 Å². The van der Waals surface area contributed by atoms with Crippen molar-refractivity contribution in [2.24, 2.45) is 0 Å². The number of nitrogens with zero attached hydrogens (tertiary/aromatic N) is 2. The third-order valence-corrected chi connectivity index (χ3v) is 7.65. The SMILES string of the molecule is C[C@@H]1Cc2c([nH]c3ccccc23)[C@@H](c2c(F)cc(NC3CN(CCCF)C3)cc2F)N1C[C@@](C)(F)CO. The molecule has 3 heterocycles. The standard InChI is InChI=1S/C28H34F4N4O/c1-17-10-21-20-6-3-4-7-24(20)34-26(21)27(36(17)15-28(2,32)16-37)25-22(30)11-18(12-23(25)31)33-19-13-35(14-19)9-5-8-29/h3-4,6-7,11-12,17,19,27,33-34,37H,5,8-10,13-16H2,1-2H3/t17-,27-,28-/m1/s1. The van der Waals surface area contributed by atoms with Gasteiger partial charge >= 0.3 is 0 Å². The van der Waals surface area contributed by atoms with Crippen LogP contribution in [0.25, 0.3) is 10.9 Å². The number of hydrogen-bond acceptors (Lipinski definition) is 4. The van der Waals surface area contributed by atoms with Crippen LogP contribution in [0.5, 0.6) is 0 Å². The first-order valence-electron chi connectivity index (χ1n) is 12.9. The van der Waals surface area contributed by atoms with E-state index in [1.165, 1.54) is 19.1 Å². The second kappa shape index (κ2) is 10.3. The normalized spacial score (nSPS) is 22.6. The zero-order valence-electron chi connectivity index (χ0n) is 21.2. The lowest BCUT2D eigenvalue weighted by Crippen LogP contribution is -2.54. The van der Waals surface area contributed by atoms with Crippen molar-refractivity contribution in [2.45, 2.75) is 50.5 Å². The van der Waals surface area contributed by atoms with Crippen LogP contribution in [-0.4, -0.2) is 77.1 Å². The molecule has 3 atom stereocenters. The second-order valence-corrected chi connectivity index (χ2v) is 10.8. The molecule has 3 aromatic rings. The number of halogens is 4. The number of nitrogens with one attached hydrogen (secondary N) is 2. The summed E-state index contributed by atoms with van der Waals surface area (Å²) in [6, 6.07) is 9.23. The van der Waals surface area contributed by atoms with Crippen LogP contribution in [0.2, 0.25) is 0 Å². The van der Waals surface area contributed by atoms with Crippen LogP contribution in [0.3, 0.4) is 0 Å². The maximum absolute atomic E-state index is 15.8. The van der Waals surface area contributed by atoms with Crippen LogP contribution in [0, 0.1) is 11.6 Å². The lowest BCUT2D eigenvalue weighted by molar-refractivity contribution is 0.0162. The molecule has 0 saturated carbocycles. The Kier molecular flexibility index (Phi) is 7.22. The van der Waals surface area contributed by atoms with Crippen molar-refractivity contribution in [3.63, 3.8) is 0 Å². The number of rotatable bonds is 9. The third kappa shape index (κ3) is 5.09. The van der Waals surface area contributed by atoms with Gasteiger partial charge in [0.15, 0.2) is 0 Å². The van der Waals surface area contributed by atoms with Crippen molar-refractivity contribution in [1.29, 1.82) is 0 Å². The predicted molar refractivity (Wildman–Crippen MR) is 137 cm³/mol. The highest BCUT2D eigenvalue weighted by Crippen LogP contribution is 2.43. The molecule has 0 aliphatic carbocycles. The average molecular weight is 519 g/mol. The van der Waals surface area contributed by atoms with E-state index in [-0.39, 0.29) is 30.9 Å². The van der Waals surface area contributed by atoms with Crippen LogP contribution in [-0.2, 0) is 6.42 Å². The molecule has 5 nitrogen and oxygen atoms in total. The molecule has 0 spiro atoms. The molecule has 0 amide bonds. The molecular formula is C28H34F4N4O. The fourth-order valence-electron chi connectivity index (χ4n) is 5.79. The zero-order chi connectivity index (χ0) is 26.3. The largest absolute Gasteiger partial charge is 0.393 e.